The third kappa shape index (κ3) is 11.9. The van der Waals surface area contributed by atoms with Crippen molar-refractivity contribution in [2.75, 3.05) is 31.2 Å². The Kier molecular flexibility index (Phi) is 14.6. The van der Waals surface area contributed by atoms with Crippen LogP contribution in [0.2, 0.25) is 0 Å². The molecular weight excluding hydrogens is 726 g/mol. The Morgan fingerprint density at radius 2 is 1.68 bits per heavy atom. The van der Waals surface area contributed by atoms with E-state index in [0.717, 1.165) is 71.8 Å². The average molecular weight is 768 g/mol. The molecule has 1 atom stereocenters. The molecule has 0 aliphatic heterocycles. The number of hydrogen-bond donors (Lipinski definition) is 4. The van der Waals surface area contributed by atoms with Crippen molar-refractivity contribution in [2.24, 2.45) is 5.92 Å². The molecule has 0 fully saturated rings. The molecule has 0 saturated heterocycles. The Morgan fingerprint density at radius 3 is 2.38 bits per heavy atom. The highest BCUT2D eigenvalue weighted by Gasteiger charge is 2.27. The Hall–Kier alpha value is -4.68. The second-order valence-corrected chi connectivity index (χ2v) is 14.0. The van der Waals surface area contributed by atoms with Crippen molar-refractivity contribution in [2.45, 2.75) is 71.1 Å². The number of amides is 1. The summed E-state index contributed by atoms with van der Waals surface area (Å²) in [5, 5.41) is 3.52. The van der Waals surface area contributed by atoms with E-state index in [-0.39, 0.29) is 25.6 Å². The fraction of sp³-hybridized carbons (Fsp3) is 0.457. The molecule has 0 aliphatic rings. The first-order valence-electron chi connectivity index (χ1n) is 17.1. The largest absolute Gasteiger partial charge is 0.420 e. The van der Waals surface area contributed by atoms with Gasteiger partial charge in [0.15, 0.2) is 11.6 Å². The van der Waals surface area contributed by atoms with Crippen LogP contribution in [0.1, 0.15) is 69.7 Å². The summed E-state index contributed by atoms with van der Waals surface area (Å²) in [6.45, 7) is 1.64. The number of unbranched alkanes of at least 4 members (excludes halogenated alkanes) is 3. The maximum Gasteiger partial charge on any atom is 0.313 e. The number of aromatic nitrogens is 3. The van der Waals surface area contributed by atoms with Crippen molar-refractivity contribution in [3.8, 4) is 5.75 Å². The Bertz CT molecular complexity index is 2040. The lowest BCUT2D eigenvalue weighted by atomic mass is 10.0. The topological polar surface area (TPSA) is 204 Å². The van der Waals surface area contributed by atoms with E-state index >= 15 is 0 Å². The molecule has 2 heterocycles. The normalized spacial score (nSPS) is 12.3. The number of pyridine rings is 1. The maximum atomic E-state index is 13.7. The van der Waals surface area contributed by atoms with E-state index in [1.165, 1.54) is 0 Å². The second kappa shape index (κ2) is 18.9. The number of carbonyl (C=O) groups is 3. The van der Waals surface area contributed by atoms with E-state index in [0.29, 0.717) is 12.2 Å². The lowest BCUT2D eigenvalue weighted by molar-refractivity contribution is -0.136. The van der Waals surface area contributed by atoms with Crippen LogP contribution in [0, 0.1) is 29.2 Å². The molecule has 13 nitrogen and oxygen atoms in total. The zero-order chi connectivity index (χ0) is 38.7. The van der Waals surface area contributed by atoms with E-state index in [9.17, 15) is 44.9 Å². The smallest absolute Gasteiger partial charge is 0.313 e. The number of H-pyrrole nitrogens is 1. The first kappa shape index (κ1) is 41.1. The van der Waals surface area contributed by atoms with Crippen molar-refractivity contribution in [1.82, 2.24) is 20.3 Å². The zero-order valence-corrected chi connectivity index (χ0v) is 29.8. The number of rotatable bonds is 21. The highest BCUT2D eigenvalue weighted by molar-refractivity contribution is 7.85. The number of halogens is 4. The fourth-order valence-electron chi connectivity index (χ4n) is 5.57. The molecule has 0 saturated carbocycles. The number of carbonyl (C=O) groups excluding carboxylic acids is 3. The molecular formula is C35H41F4N5O8S. The molecule has 0 aliphatic carbocycles. The molecule has 4 aromatic rings. The number of nitrogens with two attached hydrogens (primary N) is 1. The van der Waals surface area contributed by atoms with Crippen molar-refractivity contribution in [3.63, 3.8) is 0 Å². The number of ketones is 1. The molecule has 0 unspecified atom stereocenters. The van der Waals surface area contributed by atoms with E-state index in [2.05, 4.69) is 26.9 Å². The van der Waals surface area contributed by atoms with Crippen LogP contribution in [0.4, 0.5) is 23.4 Å². The Balaban J connectivity index is 1.17. The molecule has 4 rings (SSSR count). The van der Waals surface area contributed by atoms with Crippen LogP contribution in [0.15, 0.2) is 24.3 Å². The van der Waals surface area contributed by atoms with E-state index in [1.807, 2.05) is 18.2 Å². The molecule has 0 radical (unpaired) electrons. The van der Waals surface area contributed by atoms with Crippen LogP contribution in [-0.4, -0.2) is 71.1 Å². The summed E-state index contributed by atoms with van der Waals surface area (Å²) in [5.41, 5.74) is 9.54. The van der Waals surface area contributed by atoms with Crippen LogP contribution in [0.25, 0.3) is 21.9 Å². The number of nitrogen functional groups attached to an aromatic ring is 1. The standard InChI is InChI=1S/C35H41F4N5O8S/c1-2-3-8-27-43-31-23-10-9-20(16-26(23)42-34(40)32(31)44-27)7-5-4-6-13-41-35(47)21(19-53(48,49)50)17-22(45)11-14-51-15-12-28(46)52-33-29(38)24(36)18-25(37)30(33)39/h9-10,16,18,21H,2-8,11-15,17,19H2,1H3,(H2,40,42)(H,41,47)(H,43,44)(H,48,49,50)/t21-/m0/s1. The first-order chi connectivity index (χ1) is 25.2. The Morgan fingerprint density at radius 1 is 0.962 bits per heavy atom. The molecule has 2 aromatic carbocycles. The molecule has 288 valence electrons. The highest BCUT2D eigenvalue weighted by Crippen LogP contribution is 2.28. The summed E-state index contributed by atoms with van der Waals surface area (Å²) >= 11 is 0. The number of aryl methyl sites for hydroxylation is 2. The third-order valence-electron chi connectivity index (χ3n) is 8.30. The van der Waals surface area contributed by atoms with Crippen LogP contribution in [0.5, 0.6) is 5.75 Å². The summed E-state index contributed by atoms with van der Waals surface area (Å²) in [4.78, 5) is 49.6. The number of nitrogens with one attached hydrogen (secondary N) is 2. The molecule has 0 bridgehead atoms. The second-order valence-electron chi connectivity index (χ2n) is 12.5. The van der Waals surface area contributed by atoms with Gasteiger partial charge in [0.25, 0.3) is 10.1 Å². The number of imidazole rings is 1. The number of ether oxygens (including phenoxy) is 2. The Labute approximate surface area is 302 Å². The number of hydrogen-bond acceptors (Lipinski definition) is 10. The zero-order valence-electron chi connectivity index (χ0n) is 29.0. The molecule has 53 heavy (non-hydrogen) atoms. The van der Waals surface area contributed by atoms with Crippen molar-refractivity contribution < 1.29 is 54.4 Å². The lowest BCUT2D eigenvalue weighted by Crippen LogP contribution is -2.36. The van der Waals surface area contributed by atoms with E-state index < -0.39 is 87.9 Å². The summed E-state index contributed by atoms with van der Waals surface area (Å²) in [6, 6.07) is 5.93. The molecule has 2 aromatic heterocycles. The monoisotopic (exact) mass is 767 g/mol. The van der Waals surface area contributed by atoms with Gasteiger partial charge in [-0.1, -0.05) is 31.9 Å². The predicted molar refractivity (Wildman–Crippen MR) is 186 cm³/mol. The minimum absolute atomic E-state index is 0.0428. The number of benzene rings is 2. The molecule has 5 N–H and O–H groups in total. The number of fused-ring (bicyclic) bond motifs is 3. The van der Waals surface area contributed by atoms with Gasteiger partial charge in [-0.3, -0.25) is 18.9 Å². The van der Waals surface area contributed by atoms with Gasteiger partial charge in [-0.2, -0.15) is 17.2 Å². The molecule has 1 amide bonds. The van der Waals surface area contributed by atoms with Gasteiger partial charge in [0.1, 0.15) is 28.5 Å². The lowest BCUT2D eigenvalue weighted by Gasteiger charge is -2.15. The number of aromatic amines is 1. The summed E-state index contributed by atoms with van der Waals surface area (Å²) in [7, 11) is -4.61. The first-order valence-corrected chi connectivity index (χ1v) is 18.7. The number of anilines is 1. The summed E-state index contributed by atoms with van der Waals surface area (Å²) in [5.74, 6) is -12.5. The van der Waals surface area contributed by atoms with Gasteiger partial charge in [-0.15, -0.1) is 0 Å². The van der Waals surface area contributed by atoms with Gasteiger partial charge < -0.3 is 25.5 Å². The predicted octanol–water partition coefficient (Wildman–Crippen LogP) is 5.29. The number of esters is 1. The summed E-state index contributed by atoms with van der Waals surface area (Å²) < 4.78 is 95.8. The average Bonchev–Trinajstić information content (AvgIpc) is 3.54. The van der Waals surface area contributed by atoms with Gasteiger partial charge in [0, 0.05) is 37.3 Å². The number of Topliss-reactive ketones (excluding diaryl/α,β-unsaturated/α-hetero) is 1. The van der Waals surface area contributed by atoms with Crippen LogP contribution in [0.3, 0.4) is 0 Å². The van der Waals surface area contributed by atoms with Crippen LogP contribution < -0.4 is 15.8 Å². The van der Waals surface area contributed by atoms with Gasteiger partial charge in [0.2, 0.25) is 23.3 Å². The fourth-order valence-corrected chi connectivity index (χ4v) is 6.35. The van der Waals surface area contributed by atoms with Crippen molar-refractivity contribution >= 4 is 55.5 Å². The van der Waals surface area contributed by atoms with Crippen molar-refractivity contribution in [1.29, 1.82) is 0 Å². The van der Waals surface area contributed by atoms with Gasteiger partial charge in [0.05, 0.1) is 36.8 Å². The molecule has 18 heteroatoms. The van der Waals surface area contributed by atoms with Crippen LogP contribution in [-0.2, 0) is 42.1 Å². The summed E-state index contributed by atoms with van der Waals surface area (Å²) in [6.07, 6.45) is 4.28. The molecule has 0 spiro atoms. The van der Waals surface area contributed by atoms with Gasteiger partial charge in [-0.05, 0) is 37.3 Å². The quantitative estimate of drug-likeness (QED) is 0.0214. The van der Waals surface area contributed by atoms with Gasteiger partial charge >= 0.3 is 5.97 Å². The van der Waals surface area contributed by atoms with E-state index in [4.69, 9.17) is 15.5 Å². The van der Waals surface area contributed by atoms with E-state index in [1.54, 1.807) is 0 Å². The van der Waals surface area contributed by atoms with Crippen LogP contribution >= 0.6 is 0 Å². The number of nitrogens with zero attached hydrogens (tertiary/aromatic N) is 2. The SMILES string of the molecule is CCCCc1nc2c([nH]1)c(N)nc1cc(CCCCCNC(=O)[C@@H](CC(=O)CCOCCC(=O)Oc3c(F)c(F)cc(F)c3F)CS(=O)(=O)O)ccc12. The highest BCUT2D eigenvalue weighted by atomic mass is 32.2. The minimum Gasteiger partial charge on any atom is -0.420 e. The van der Waals surface area contributed by atoms with Gasteiger partial charge in [-0.25, -0.2) is 18.7 Å². The minimum atomic E-state index is -4.61. The van der Waals surface area contributed by atoms with Crippen molar-refractivity contribution in [3.05, 3.63) is 58.9 Å². The third-order valence-corrected chi connectivity index (χ3v) is 9.12. The maximum absolute atomic E-state index is 13.7.